The monoisotopic (exact) mass is 482 g/mol. The number of hydrazone groups is 1. The van der Waals surface area contributed by atoms with Crippen molar-refractivity contribution in [2.24, 2.45) is 5.10 Å². The summed E-state index contributed by atoms with van der Waals surface area (Å²) in [6, 6.07) is 16.9. The first-order valence-corrected chi connectivity index (χ1v) is 10.5. The van der Waals surface area contributed by atoms with E-state index in [4.69, 9.17) is 4.74 Å². The van der Waals surface area contributed by atoms with Crippen LogP contribution in [0.2, 0.25) is 0 Å². The lowest BCUT2D eigenvalue weighted by atomic mass is 10.2. The molecule has 160 valence electrons. The molecular weight excluding hydrogens is 460 g/mol. The number of aryl methyl sites for hydroxylation is 1. The summed E-state index contributed by atoms with van der Waals surface area (Å²) in [6.45, 7) is 6.25. The number of carbonyl (C=O) groups is 2. The number of carbonyl (C=O) groups excluding carboxylic acids is 2. The summed E-state index contributed by atoms with van der Waals surface area (Å²) in [6.07, 6.45) is 1.52. The fraction of sp³-hybridized carbons (Fsp3) is 0.174. The van der Waals surface area contributed by atoms with Crippen molar-refractivity contribution in [3.05, 3.63) is 76.0 Å². The van der Waals surface area contributed by atoms with Crippen LogP contribution >= 0.6 is 15.9 Å². The summed E-state index contributed by atoms with van der Waals surface area (Å²) in [5.41, 5.74) is 6.54. The Labute approximate surface area is 189 Å². The summed E-state index contributed by atoms with van der Waals surface area (Å²) in [4.78, 5) is 24.3. The Morgan fingerprint density at radius 2 is 1.81 bits per heavy atom. The first-order chi connectivity index (χ1) is 14.9. The first-order valence-electron chi connectivity index (χ1n) is 9.71. The normalized spacial score (nSPS) is 10.8. The fourth-order valence-corrected chi connectivity index (χ4v) is 3.41. The zero-order valence-electron chi connectivity index (χ0n) is 17.5. The van der Waals surface area contributed by atoms with E-state index in [1.807, 2.05) is 51.1 Å². The highest BCUT2D eigenvalue weighted by Gasteiger charge is 2.15. The highest BCUT2D eigenvalue weighted by atomic mass is 79.9. The molecule has 0 bridgehead atoms. The minimum atomic E-state index is -0.871. The number of nitrogens with zero attached hydrogens (tertiary/aromatic N) is 2. The molecule has 0 saturated heterocycles. The van der Waals surface area contributed by atoms with Crippen LogP contribution in [-0.2, 0) is 9.59 Å². The lowest BCUT2D eigenvalue weighted by molar-refractivity contribution is -0.136. The molecule has 0 unspecified atom stereocenters. The van der Waals surface area contributed by atoms with Gasteiger partial charge in [0.15, 0.2) is 0 Å². The smallest absolute Gasteiger partial charge is 0.329 e. The Balaban J connectivity index is 1.67. The highest BCUT2D eigenvalue weighted by molar-refractivity contribution is 9.10. The van der Waals surface area contributed by atoms with Crippen LogP contribution in [0.1, 0.15) is 23.9 Å². The second-order valence-electron chi connectivity index (χ2n) is 6.72. The molecule has 0 aliphatic heterocycles. The zero-order valence-corrected chi connectivity index (χ0v) is 19.1. The number of anilines is 1. The molecule has 8 heteroatoms. The van der Waals surface area contributed by atoms with Gasteiger partial charge in [-0.15, -0.1) is 0 Å². The van der Waals surface area contributed by atoms with Gasteiger partial charge in [0.25, 0.3) is 0 Å². The zero-order chi connectivity index (χ0) is 22.4. The third-order valence-electron chi connectivity index (χ3n) is 4.57. The lowest BCUT2D eigenvalue weighted by Crippen LogP contribution is -2.32. The molecule has 0 aliphatic rings. The van der Waals surface area contributed by atoms with Gasteiger partial charge in [0.05, 0.1) is 18.5 Å². The molecule has 0 aliphatic carbocycles. The van der Waals surface area contributed by atoms with Crippen molar-refractivity contribution in [2.75, 3.05) is 11.9 Å². The van der Waals surface area contributed by atoms with Crippen LogP contribution in [0, 0.1) is 13.8 Å². The van der Waals surface area contributed by atoms with E-state index >= 15 is 0 Å². The van der Waals surface area contributed by atoms with Gasteiger partial charge in [-0.2, -0.15) is 5.10 Å². The molecule has 1 heterocycles. The topological polar surface area (TPSA) is 84.7 Å². The third-order valence-corrected chi connectivity index (χ3v) is 5.09. The predicted molar refractivity (Wildman–Crippen MR) is 125 cm³/mol. The largest absolute Gasteiger partial charge is 0.492 e. The van der Waals surface area contributed by atoms with Gasteiger partial charge in [0.1, 0.15) is 5.75 Å². The number of benzene rings is 2. The van der Waals surface area contributed by atoms with Crippen molar-refractivity contribution >= 4 is 39.6 Å². The maximum Gasteiger partial charge on any atom is 0.329 e. The molecule has 3 aromatic rings. The van der Waals surface area contributed by atoms with Crippen molar-refractivity contribution < 1.29 is 14.3 Å². The van der Waals surface area contributed by atoms with E-state index in [0.29, 0.717) is 18.0 Å². The SMILES string of the molecule is CCOc1ccccc1NC(=O)C(=O)N/N=C\c1cc(C)n(-c2ccc(Br)cc2)c1C. The quantitative estimate of drug-likeness (QED) is 0.311. The highest BCUT2D eigenvalue weighted by Crippen LogP contribution is 2.23. The van der Waals surface area contributed by atoms with Gasteiger partial charge in [-0.05, 0) is 63.2 Å². The molecule has 0 radical (unpaired) electrons. The van der Waals surface area contributed by atoms with Crippen molar-refractivity contribution in [3.8, 4) is 11.4 Å². The van der Waals surface area contributed by atoms with Crippen molar-refractivity contribution in [1.82, 2.24) is 9.99 Å². The molecule has 2 N–H and O–H groups in total. The predicted octanol–water partition coefficient (Wildman–Crippen LogP) is 4.34. The molecule has 0 fully saturated rings. The van der Waals surface area contributed by atoms with Crippen LogP contribution in [0.15, 0.2) is 64.2 Å². The van der Waals surface area contributed by atoms with Gasteiger partial charge >= 0.3 is 11.8 Å². The van der Waals surface area contributed by atoms with E-state index in [-0.39, 0.29) is 0 Å². The summed E-state index contributed by atoms with van der Waals surface area (Å²) in [5.74, 6) is -1.20. The number of ether oxygens (including phenoxy) is 1. The van der Waals surface area contributed by atoms with Gasteiger partial charge in [-0.25, -0.2) is 5.43 Å². The van der Waals surface area contributed by atoms with E-state index in [2.05, 4.69) is 36.3 Å². The maximum absolute atomic E-state index is 12.2. The number of hydrogen-bond donors (Lipinski definition) is 2. The molecule has 0 spiro atoms. The maximum atomic E-state index is 12.2. The molecule has 31 heavy (non-hydrogen) atoms. The molecule has 7 nitrogen and oxygen atoms in total. The number of halogens is 1. The van der Waals surface area contributed by atoms with E-state index < -0.39 is 11.8 Å². The summed E-state index contributed by atoms with van der Waals surface area (Å²) in [5, 5.41) is 6.49. The van der Waals surface area contributed by atoms with Gasteiger partial charge in [-0.3, -0.25) is 9.59 Å². The molecule has 0 atom stereocenters. The average molecular weight is 483 g/mol. The Hall–Kier alpha value is -3.39. The third kappa shape index (κ3) is 5.40. The average Bonchev–Trinajstić information content (AvgIpc) is 3.03. The Morgan fingerprint density at radius 3 is 2.52 bits per heavy atom. The van der Waals surface area contributed by atoms with Crippen LogP contribution in [-0.4, -0.2) is 29.2 Å². The summed E-state index contributed by atoms with van der Waals surface area (Å²) >= 11 is 3.44. The lowest BCUT2D eigenvalue weighted by Gasteiger charge is -2.10. The first kappa shape index (κ1) is 22.3. The molecular formula is C23H23BrN4O3. The van der Waals surface area contributed by atoms with Gasteiger partial charge in [-0.1, -0.05) is 28.1 Å². The Morgan fingerprint density at radius 1 is 1.10 bits per heavy atom. The number of hydrogen-bond acceptors (Lipinski definition) is 4. The van der Waals surface area contributed by atoms with Gasteiger partial charge in [0.2, 0.25) is 0 Å². The number of para-hydroxylation sites is 2. The summed E-state index contributed by atoms with van der Waals surface area (Å²) in [7, 11) is 0. The van der Waals surface area contributed by atoms with E-state index in [1.165, 1.54) is 6.21 Å². The summed E-state index contributed by atoms with van der Waals surface area (Å²) < 4.78 is 8.54. The molecule has 1 aromatic heterocycles. The van der Waals surface area contributed by atoms with Gasteiger partial charge in [0, 0.05) is 27.1 Å². The van der Waals surface area contributed by atoms with Crippen molar-refractivity contribution in [2.45, 2.75) is 20.8 Å². The second kappa shape index (κ2) is 10.1. The van der Waals surface area contributed by atoms with Crippen molar-refractivity contribution in [1.29, 1.82) is 0 Å². The van der Waals surface area contributed by atoms with Crippen LogP contribution < -0.4 is 15.5 Å². The standard InChI is InChI=1S/C23H23BrN4O3/c1-4-31-21-8-6-5-7-20(21)26-22(29)23(30)27-25-14-17-13-15(2)28(16(17)3)19-11-9-18(24)10-12-19/h5-14H,4H2,1-3H3,(H,26,29)(H,27,30)/b25-14-. The van der Waals surface area contributed by atoms with E-state index in [9.17, 15) is 9.59 Å². The van der Waals surface area contributed by atoms with E-state index in [1.54, 1.807) is 24.3 Å². The second-order valence-corrected chi connectivity index (χ2v) is 7.64. The van der Waals surface area contributed by atoms with Crippen LogP contribution in [0.3, 0.4) is 0 Å². The minimum Gasteiger partial charge on any atom is -0.492 e. The van der Waals surface area contributed by atoms with Crippen LogP contribution in [0.4, 0.5) is 5.69 Å². The number of nitrogens with one attached hydrogen (secondary N) is 2. The number of amides is 2. The Bertz CT molecular complexity index is 1120. The number of rotatable bonds is 6. The molecule has 2 amide bonds. The van der Waals surface area contributed by atoms with Crippen molar-refractivity contribution in [3.63, 3.8) is 0 Å². The van der Waals surface area contributed by atoms with E-state index in [0.717, 1.165) is 27.1 Å². The number of aromatic nitrogens is 1. The molecule has 3 rings (SSSR count). The molecule has 2 aromatic carbocycles. The Kier molecular flexibility index (Phi) is 7.25. The van der Waals surface area contributed by atoms with Crippen LogP contribution in [0.25, 0.3) is 5.69 Å². The fourth-order valence-electron chi connectivity index (χ4n) is 3.15. The van der Waals surface area contributed by atoms with Crippen LogP contribution in [0.5, 0.6) is 5.75 Å². The minimum absolute atomic E-state index is 0.423. The van der Waals surface area contributed by atoms with Gasteiger partial charge < -0.3 is 14.6 Å². The molecule has 0 saturated carbocycles.